The van der Waals surface area contributed by atoms with Crippen LogP contribution in [0.4, 0.5) is 5.82 Å². The summed E-state index contributed by atoms with van der Waals surface area (Å²) < 4.78 is 1.04. The van der Waals surface area contributed by atoms with Crippen molar-refractivity contribution in [2.45, 2.75) is 38.3 Å². The summed E-state index contributed by atoms with van der Waals surface area (Å²) in [6.07, 6.45) is 8.08. The Morgan fingerprint density at radius 1 is 1.32 bits per heavy atom. The number of allylic oxidation sites excluding steroid dienone is 1. The van der Waals surface area contributed by atoms with Gasteiger partial charge in [-0.3, -0.25) is 0 Å². The Hall–Kier alpha value is -1.54. The molecule has 0 unspecified atom stereocenters. The Morgan fingerprint density at radius 3 is 2.92 bits per heavy atom. The number of rotatable bonds is 4. The van der Waals surface area contributed by atoms with E-state index in [1.165, 1.54) is 4.88 Å². The van der Waals surface area contributed by atoms with Crippen LogP contribution >= 0.6 is 34.3 Å². The Bertz CT molecular complexity index is 919. The highest BCUT2D eigenvalue weighted by molar-refractivity contribution is 7.20. The number of thiazole rings is 1. The van der Waals surface area contributed by atoms with Gasteiger partial charge in [-0.2, -0.15) is 4.98 Å². The van der Waals surface area contributed by atoms with Crippen LogP contribution < -0.4 is 11.1 Å². The molecule has 3 heterocycles. The van der Waals surface area contributed by atoms with E-state index in [9.17, 15) is 0 Å². The van der Waals surface area contributed by atoms with Gasteiger partial charge >= 0.3 is 0 Å². The van der Waals surface area contributed by atoms with E-state index in [0.717, 1.165) is 39.4 Å². The second-order valence-corrected chi connectivity index (χ2v) is 8.47. The van der Waals surface area contributed by atoms with Crippen LogP contribution in [0.3, 0.4) is 0 Å². The maximum Gasteiger partial charge on any atom is 0.224 e. The van der Waals surface area contributed by atoms with Crippen molar-refractivity contribution in [2.24, 2.45) is 5.73 Å². The van der Waals surface area contributed by atoms with Crippen LogP contribution in [0.15, 0.2) is 23.7 Å². The summed E-state index contributed by atoms with van der Waals surface area (Å²) >= 11 is 9.52. The van der Waals surface area contributed by atoms with E-state index in [1.54, 1.807) is 28.9 Å². The first kappa shape index (κ1) is 16.9. The molecule has 0 spiro atoms. The van der Waals surface area contributed by atoms with E-state index in [0.29, 0.717) is 12.5 Å². The summed E-state index contributed by atoms with van der Waals surface area (Å²) in [5.41, 5.74) is 8.45. The molecule has 0 saturated carbocycles. The third-order valence-corrected chi connectivity index (χ3v) is 6.85. The van der Waals surface area contributed by atoms with Crippen LogP contribution in [0, 0.1) is 6.92 Å². The molecular weight excluding hydrogens is 374 g/mol. The number of nitrogens with one attached hydrogen (secondary N) is 1. The highest BCUT2D eigenvalue weighted by atomic mass is 35.5. The maximum absolute atomic E-state index is 6.36. The predicted octanol–water partition coefficient (Wildman–Crippen LogP) is 4.48. The first-order valence-corrected chi connectivity index (χ1v) is 10.2. The number of hydrogen-bond acceptors (Lipinski definition) is 7. The van der Waals surface area contributed by atoms with E-state index in [4.69, 9.17) is 17.3 Å². The fraction of sp³-hybridized carbons (Fsp3) is 0.353. The van der Waals surface area contributed by atoms with E-state index in [2.05, 4.69) is 39.3 Å². The average molecular weight is 392 g/mol. The van der Waals surface area contributed by atoms with Crippen LogP contribution in [-0.4, -0.2) is 21.0 Å². The van der Waals surface area contributed by atoms with E-state index in [1.807, 2.05) is 5.38 Å². The summed E-state index contributed by atoms with van der Waals surface area (Å²) in [4.78, 5) is 14.5. The van der Waals surface area contributed by atoms with Gasteiger partial charge in [0.05, 0.1) is 16.8 Å². The molecule has 5 nitrogen and oxygen atoms in total. The molecule has 2 atom stereocenters. The van der Waals surface area contributed by atoms with E-state index in [-0.39, 0.29) is 11.3 Å². The average Bonchev–Trinajstić information content (AvgIpc) is 3.22. The minimum atomic E-state index is 0.145. The van der Waals surface area contributed by atoms with E-state index < -0.39 is 0 Å². The zero-order chi connectivity index (χ0) is 17.4. The molecule has 3 aromatic rings. The number of aryl methyl sites for hydroxylation is 1. The largest absolute Gasteiger partial charge is 0.362 e. The predicted molar refractivity (Wildman–Crippen MR) is 106 cm³/mol. The molecule has 25 heavy (non-hydrogen) atoms. The van der Waals surface area contributed by atoms with Gasteiger partial charge in [0.2, 0.25) is 5.28 Å². The van der Waals surface area contributed by atoms with Crippen molar-refractivity contribution in [1.29, 1.82) is 0 Å². The molecule has 3 N–H and O–H groups in total. The summed E-state index contributed by atoms with van der Waals surface area (Å²) in [7, 11) is 0. The summed E-state index contributed by atoms with van der Waals surface area (Å²) in [5.74, 6) is 1.10. The minimum Gasteiger partial charge on any atom is -0.362 e. The Morgan fingerprint density at radius 2 is 2.16 bits per heavy atom. The second-order valence-electron chi connectivity index (χ2n) is 6.10. The Labute approximate surface area is 159 Å². The fourth-order valence-corrected chi connectivity index (χ4v) is 5.31. The molecule has 8 heteroatoms. The molecule has 3 aromatic heterocycles. The lowest BCUT2D eigenvalue weighted by molar-refractivity contribution is 0.526. The van der Waals surface area contributed by atoms with Crippen LogP contribution in [0.1, 0.15) is 34.2 Å². The standard InChI is InChI=1S/C17H18ClN5S2/c1-9-13-15(25-14(9)10-4-2-3-5-11(10)19)16(23-17(18)22-13)21-8-12-20-6-7-24-12/h2-3,6-7,10-11H,4-5,8,19H2,1H3,(H,21,22,23)/t10-,11-/m1/s1. The van der Waals surface area contributed by atoms with Crippen molar-refractivity contribution >= 4 is 50.3 Å². The normalized spacial score (nSPS) is 20.3. The Balaban J connectivity index is 1.73. The minimum absolute atomic E-state index is 0.145. The van der Waals surface area contributed by atoms with Crippen molar-refractivity contribution in [3.8, 4) is 0 Å². The number of fused-ring (bicyclic) bond motifs is 1. The number of thiophene rings is 1. The summed E-state index contributed by atoms with van der Waals surface area (Å²) in [6, 6.07) is 0.145. The third kappa shape index (κ3) is 3.29. The molecule has 0 saturated heterocycles. The molecule has 1 aliphatic rings. The lowest BCUT2D eigenvalue weighted by Gasteiger charge is -2.24. The number of hydrogen-bond donors (Lipinski definition) is 2. The topological polar surface area (TPSA) is 76.7 Å². The second kappa shape index (κ2) is 6.99. The number of anilines is 1. The first-order chi connectivity index (χ1) is 12.1. The van der Waals surface area contributed by atoms with Crippen molar-refractivity contribution < 1.29 is 0 Å². The molecular formula is C17H18ClN5S2. The van der Waals surface area contributed by atoms with Gasteiger partial charge in [-0.05, 0) is 36.9 Å². The SMILES string of the molecule is Cc1c([C@@H]2CC=CC[C@H]2N)sc2c(NCc3nccs3)nc(Cl)nc12. The number of nitrogens with two attached hydrogens (primary N) is 1. The number of aromatic nitrogens is 3. The van der Waals surface area contributed by atoms with Crippen molar-refractivity contribution in [1.82, 2.24) is 15.0 Å². The van der Waals surface area contributed by atoms with Crippen LogP contribution in [-0.2, 0) is 6.54 Å². The highest BCUT2D eigenvalue weighted by Gasteiger charge is 2.26. The zero-order valence-corrected chi connectivity index (χ0v) is 16.1. The smallest absolute Gasteiger partial charge is 0.224 e. The van der Waals surface area contributed by atoms with Gasteiger partial charge in [0.15, 0.2) is 0 Å². The molecule has 0 radical (unpaired) electrons. The van der Waals surface area contributed by atoms with Crippen molar-refractivity contribution in [2.75, 3.05) is 5.32 Å². The van der Waals surface area contributed by atoms with Gasteiger partial charge in [-0.15, -0.1) is 22.7 Å². The maximum atomic E-state index is 6.36. The van der Waals surface area contributed by atoms with Gasteiger partial charge in [-0.25, -0.2) is 9.97 Å². The molecule has 0 fully saturated rings. The first-order valence-electron chi connectivity index (χ1n) is 8.13. The molecule has 0 bridgehead atoms. The van der Waals surface area contributed by atoms with Gasteiger partial charge in [0.25, 0.3) is 0 Å². The number of halogens is 1. The van der Waals surface area contributed by atoms with Gasteiger partial charge < -0.3 is 11.1 Å². The van der Waals surface area contributed by atoms with E-state index >= 15 is 0 Å². The fourth-order valence-electron chi connectivity index (χ4n) is 3.19. The van der Waals surface area contributed by atoms with Gasteiger partial charge in [-0.1, -0.05) is 12.2 Å². The van der Waals surface area contributed by atoms with Gasteiger partial charge in [0.1, 0.15) is 10.8 Å². The van der Waals surface area contributed by atoms with Crippen LogP contribution in [0.5, 0.6) is 0 Å². The molecule has 4 rings (SSSR count). The zero-order valence-electron chi connectivity index (χ0n) is 13.7. The molecule has 1 aliphatic carbocycles. The molecule has 130 valence electrons. The highest BCUT2D eigenvalue weighted by Crippen LogP contribution is 2.42. The number of nitrogens with zero attached hydrogens (tertiary/aromatic N) is 3. The molecule has 0 aliphatic heterocycles. The lowest BCUT2D eigenvalue weighted by atomic mass is 9.87. The van der Waals surface area contributed by atoms with Crippen LogP contribution in [0.25, 0.3) is 10.2 Å². The summed E-state index contributed by atoms with van der Waals surface area (Å²) in [6.45, 7) is 2.73. The summed E-state index contributed by atoms with van der Waals surface area (Å²) in [5, 5.41) is 6.60. The van der Waals surface area contributed by atoms with Crippen molar-refractivity contribution in [3.63, 3.8) is 0 Å². The third-order valence-electron chi connectivity index (χ3n) is 4.48. The Kier molecular flexibility index (Phi) is 4.73. The molecule has 0 amide bonds. The van der Waals surface area contributed by atoms with Crippen LogP contribution in [0.2, 0.25) is 5.28 Å². The van der Waals surface area contributed by atoms with Crippen molar-refractivity contribution in [3.05, 3.63) is 44.5 Å². The molecule has 0 aromatic carbocycles. The quantitative estimate of drug-likeness (QED) is 0.506. The lowest BCUT2D eigenvalue weighted by Crippen LogP contribution is -2.29. The monoisotopic (exact) mass is 391 g/mol. The van der Waals surface area contributed by atoms with Gasteiger partial charge in [0, 0.05) is 28.4 Å².